The van der Waals surface area contributed by atoms with E-state index in [1.807, 2.05) is 0 Å². The molecule has 1 amide bonds. The standard InChI is InChI=1S/C5H12N2O2/c1-7(2)5(8)3-4-9-6/h3-4,6H2,1-2H3. The molecule has 9 heavy (non-hydrogen) atoms. The lowest BCUT2D eigenvalue weighted by molar-refractivity contribution is -0.129. The van der Waals surface area contributed by atoms with E-state index in [1.165, 1.54) is 4.90 Å². The fourth-order valence-corrected chi connectivity index (χ4v) is 0.370. The van der Waals surface area contributed by atoms with Crippen molar-refractivity contribution in [3.63, 3.8) is 0 Å². The van der Waals surface area contributed by atoms with Gasteiger partial charge in [-0.2, -0.15) is 0 Å². The molecule has 0 saturated heterocycles. The highest BCUT2D eigenvalue weighted by Crippen LogP contribution is 1.84. The second-order valence-corrected chi connectivity index (χ2v) is 1.91. The predicted molar refractivity (Wildman–Crippen MR) is 33.5 cm³/mol. The van der Waals surface area contributed by atoms with Crippen LogP contribution in [0.2, 0.25) is 0 Å². The first-order valence-corrected chi connectivity index (χ1v) is 2.70. The quantitative estimate of drug-likeness (QED) is 0.519. The molecule has 0 bridgehead atoms. The van der Waals surface area contributed by atoms with Gasteiger partial charge in [-0.1, -0.05) is 0 Å². The summed E-state index contributed by atoms with van der Waals surface area (Å²) in [6.07, 6.45) is 0.351. The van der Waals surface area contributed by atoms with Gasteiger partial charge in [0, 0.05) is 14.1 Å². The second-order valence-electron chi connectivity index (χ2n) is 1.91. The predicted octanol–water partition coefficient (Wildman–Crippen LogP) is -0.645. The molecule has 0 spiro atoms. The number of amides is 1. The van der Waals surface area contributed by atoms with Crippen LogP contribution in [0.5, 0.6) is 0 Å². The van der Waals surface area contributed by atoms with Gasteiger partial charge in [0.25, 0.3) is 0 Å². The van der Waals surface area contributed by atoms with E-state index < -0.39 is 0 Å². The largest absolute Gasteiger partial charge is 0.349 e. The van der Waals surface area contributed by atoms with Crippen molar-refractivity contribution >= 4 is 5.91 Å². The van der Waals surface area contributed by atoms with Crippen molar-refractivity contribution in [2.45, 2.75) is 6.42 Å². The van der Waals surface area contributed by atoms with Crippen LogP contribution in [0.1, 0.15) is 6.42 Å². The second kappa shape index (κ2) is 4.29. The summed E-state index contributed by atoms with van der Waals surface area (Å²) in [4.78, 5) is 16.4. The average molecular weight is 132 g/mol. The van der Waals surface area contributed by atoms with Crippen LogP contribution < -0.4 is 5.90 Å². The normalized spacial score (nSPS) is 9.22. The van der Waals surface area contributed by atoms with E-state index in [0.29, 0.717) is 6.42 Å². The first-order valence-electron chi connectivity index (χ1n) is 2.70. The molecule has 0 fully saturated rings. The van der Waals surface area contributed by atoms with Crippen LogP contribution in [-0.2, 0) is 9.63 Å². The van der Waals surface area contributed by atoms with E-state index in [2.05, 4.69) is 4.84 Å². The smallest absolute Gasteiger partial charge is 0.224 e. The molecule has 2 N–H and O–H groups in total. The van der Waals surface area contributed by atoms with Crippen LogP contribution in [-0.4, -0.2) is 31.5 Å². The number of hydrogen-bond donors (Lipinski definition) is 1. The van der Waals surface area contributed by atoms with Crippen molar-refractivity contribution < 1.29 is 9.63 Å². The van der Waals surface area contributed by atoms with Gasteiger partial charge in [-0.25, -0.2) is 5.90 Å². The topological polar surface area (TPSA) is 55.6 Å². The molecular weight excluding hydrogens is 120 g/mol. The molecule has 0 aromatic heterocycles. The van der Waals surface area contributed by atoms with Gasteiger partial charge in [-0.05, 0) is 0 Å². The summed E-state index contributed by atoms with van der Waals surface area (Å²) < 4.78 is 0. The van der Waals surface area contributed by atoms with E-state index in [0.717, 1.165) is 0 Å². The van der Waals surface area contributed by atoms with E-state index in [4.69, 9.17) is 5.90 Å². The molecule has 0 aromatic rings. The lowest BCUT2D eigenvalue weighted by Crippen LogP contribution is -2.23. The molecule has 0 unspecified atom stereocenters. The minimum Gasteiger partial charge on any atom is -0.349 e. The molecule has 0 aliphatic heterocycles. The summed E-state index contributed by atoms with van der Waals surface area (Å²) in [5.41, 5.74) is 0. The van der Waals surface area contributed by atoms with Crippen molar-refractivity contribution in [3.05, 3.63) is 0 Å². The molecular formula is C5H12N2O2. The minimum atomic E-state index is 0.0282. The van der Waals surface area contributed by atoms with Crippen LogP contribution in [0, 0.1) is 0 Å². The van der Waals surface area contributed by atoms with Gasteiger partial charge < -0.3 is 9.74 Å². The van der Waals surface area contributed by atoms with Crippen LogP contribution >= 0.6 is 0 Å². The highest BCUT2D eigenvalue weighted by atomic mass is 16.6. The molecule has 0 aliphatic rings. The van der Waals surface area contributed by atoms with E-state index >= 15 is 0 Å². The van der Waals surface area contributed by atoms with E-state index in [1.54, 1.807) is 14.1 Å². The SMILES string of the molecule is CN(C)C(=O)CCON. The van der Waals surface area contributed by atoms with Gasteiger partial charge in [0.05, 0.1) is 13.0 Å². The number of hydrogen-bond acceptors (Lipinski definition) is 3. The van der Waals surface area contributed by atoms with Crippen molar-refractivity contribution in [2.24, 2.45) is 5.90 Å². The molecule has 0 atom stereocenters. The van der Waals surface area contributed by atoms with Crippen LogP contribution in [0.4, 0.5) is 0 Å². The lowest BCUT2D eigenvalue weighted by Gasteiger charge is -2.08. The lowest BCUT2D eigenvalue weighted by atomic mass is 10.4. The molecule has 54 valence electrons. The van der Waals surface area contributed by atoms with Gasteiger partial charge in [0.2, 0.25) is 5.91 Å². The molecule has 0 radical (unpaired) electrons. The number of nitrogens with two attached hydrogens (primary N) is 1. The van der Waals surface area contributed by atoms with E-state index in [9.17, 15) is 4.79 Å². The van der Waals surface area contributed by atoms with Crippen LogP contribution in [0.3, 0.4) is 0 Å². The van der Waals surface area contributed by atoms with Crippen molar-refractivity contribution in [2.75, 3.05) is 20.7 Å². The highest BCUT2D eigenvalue weighted by Gasteiger charge is 2.01. The van der Waals surface area contributed by atoms with Crippen molar-refractivity contribution in [1.82, 2.24) is 4.90 Å². The zero-order chi connectivity index (χ0) is 7.28. The van der Waals surface area contributed by atoms with Crippen LogP contribution in [0.15, 0.2) is 0 Å². The Bertz CT molecular complexity index is 93.0. The number of rotatable bonds is 3. The summed E-state index contributed by atoms with van der Waals surface area (Å²) in [6.45, 7) is 0.289. The zero-order valence-corrected chi connectivity index (χ0v) is 5.76. The Morgan fingerprint density at radius 1 is 1.67 bits per heavy atom. The summed E-state index contributed by atoms with van der Waals surface area (Å²) >= 11 is 0. The Morgan fingerprint density at radius 2 is 2.22 bits per heavy atom. The van der Waals surface area contributed by atoms with Crippen LogP contribution in [0.25, 0.3) is 0 Å². The Balaban J connectivity index is 3.28. The van der Waals surface area contributed by atoms with Gasteiger partial charge in [0.1, 0.15) is 0 Å². The third-order valence-corrected chi connectivity index (χ3v) is 0.933. The number of carbonyl (C=O) groups is 1. The maximum absolute atomic E-state index is 10.7. The molecule has 0 rings (SSSR count). The molecule has 4 nitrogen and oxygen atoms in total. The molecule has 0 saturated carbocycles. The first-order chi connectivity index (χ1) is 4.18. The van der Waals surface area contributed by atoms with E-state index in [-0.39, 0.29) is 12.5 Å². The summed E-state index contributed by atoms with van der Waals surface area (Å²) in [5, 5.41) is 0. The third kappa shape index (κ3) is 3.93. The summed E-state index contributed by atoms with van der Waals surface area (Å²) in [6, 6.07) is 0. The molecule has 0 heterocycles. The zero-order valence-electron chi connectivity index (χ0n) is 5.76. The first kappa shape index (κ1) is 8.39. The Labute approximate surface area is 54.5 Å². The average Bonchev–Trinajstić information content (AvgIpc) is 1.82. The molecule has 0 aliphatic carbocycles. The molecule has 4 heteroatoms. The maximum atomic E-state index is 10.7. The van der Waals surface area contributed by atoms with Gasteiger partial charge in [-0.15, -0.1) is 0 Å². The Morgan fingerprint density at radius 3 is 2.56 bits per heavy atom. The third-order valence-electron chi connectivity index (χ3n) is 0.933. The van der Waals surface area contributed by atoms with Crippen molar-refractivity contribution in [1.29, 1.82) is 0 Å². The van der Waals surface area contributed by atoms with Gasteiger partial charge in [0.15, 0.2) is 0 Å². The molecule has 0 aromatic carbocycles. The maximum Gasteiger partial charge on any atom is 0.224 e. The Hall–Kier alpha value is -0.610. The van der Waals surface area contributed by atoms with Gasteiger partial charge in [-0.3, -0.25) is 4.79 Å². The minimum absolute atomic E-state index is 0.0282. The Kier molecular flexibility index (Phi) is 4.00. The monoisotopic (exact) mass is 132 g/mol. The number of nitrogens with zero attached hydrogens (tertiary/aromatic N) is 1. The summed E-state index contributed by atoms with van der Waals surface area (Å²) in [5.74, 6) is 4.73. The number of carbonyl (C=O) groups excluding carboxylic acids is 1. The fourth-order valence-electron chi connectivity index (χ4n) is 0.370. The summed E-state index contributed by atoms with van der Waals surface area (Å²) in [7, 11) is 3.39. The fraction of sp³-hybridized carbons (Fsp3) is 0.800. The van der Waals surface area contributed by atoms with Crippen molar-refractivity contribution in [3.8, 4) is 0 Å². The highest BCUT2D eigenvalue weighted by molar-refractivity contribution is 5.75. The van der Waals surface area contributed by atoms with Gasteiger partial charge >= 0.3 is 0 Å².